The molecule has 4 aliphatic rings. The maximum Gasteiger partial charge on any atom is 0.256 e. The highest BCUT2D eigenvalue weighted by atomic mass is 35.5. The van der Waals surface area contributed by atoms with Gasteiger partial charge < -0.3 is 10.4 Å². The molecule has 5 nitrogen and oxygen atoms in total. The molecule has 132 valence electrons. The Morgan fingerprint density at radius 3 is 2.46 bits per heavy atom. The topological polar surface area (TPSA) is 67.2 Å². The minimum atomic E-state index is -0.480. The Morgan fingerprint density at radius 2 is 1.96 bits per heavy atom. The second-order valence-electron chi connectivity index (χ2n) is 9.13. The number of hydrogen-bond donors (Lipinski definition) is 2. The summed E-state index contributed by atoms with van der Waals surface area (Å²) >= 11 is 6.39. The number of amides is 1. The summed E-state index contributed by atoms with van der Waals surface area (Å²) in [5, 5.41) is 18.6. The van der Waals surface area contributed by atoms with E-state index in [1.54, 1.807) is 10.9 Å². The molecular weight excluding hydrogens is 326 g/mol. The summed E-state index contributed by atoms with van der Waals surface area (Å²) in [5.74, 6) is 1.27. The first kappa shape index (κ1) is 16.4. The molecule has 4 bridgehead atoms. The quantitative estimate of drug-likeness (QED) is 0.860. The molecule has 2 unspecified atom stereocenters. The lowest BCUT2D eigenvalue weighted by atomic mass is 9.52. The first-order valence-corrected chi connectivity index (χ1v) is 9.31. The monoisotopic (exact) mass is 351 g/mol. The van der Waals surface area contributed by atoms with E-state index in [0.29, 0.717) is 28.5 Å². The van der Waals surface area contributed by atoms with Gasteiger partial charge in [0.15, 0.2) is 0 Å². The van der Waals surface area contributed by atoms with Crippen LogP contribution in [0.2, 0.25) is 5.15 Å². The Morgan fingerprint density at radius 1 is 1.33 bits per heavy atom. The Hall–Kier alpha value is -1.07. The third-order valence-electron chi connectivity index (χ3n) is 6.13. The molecular formula is C18H26ClN3O2. The Balaban J connectivity index is 1.52. The largest absolute Gasteiger partial charge is 0.390 e. The van der Waals surface area contributed by atoms with Crippen molar-refractivity contribution in [2.45, 2.75) is 70.1 Å². The van der Waals surface area contributed by atoms with E-state index in [0.717, 1.165) is 32.1 Å². The molecule has 0 aliphatic heterocycles. The van der Waals surface area contributed by atoms with Gasteiger partial charge in [0.25, 0.3) is 5.91 Å². The van der Waals surface area contributed by atoms with Gasteiger partial charge in [-0.1, -0.05) is 11.6 Å². The van der Waals surface area contributed by atoms with Crippen molar-refractivity contribution < 1.29 is 9.90 Å². The van der Waals surface area contributed by atoms with E-state index in [1.165, 1.54) is 0 Å². The summed E-state index contributed by atoms with van der Waals surface area (Å²) in [6, 6.07) is 0.156. The summed E-state index contributed by atoms with van der Waals surface area (Å²) in [6.07, 6.45) is 6.40. The number of hydrogen-bond acceptors (Lipinski definition) is 3. The Labute approximate surface area is 147 Å². The molecule has 4 fully saturated rings. The van der Waals surface area contributed by atoms with Crippen molar-refractivity contribution in [2.75, 3.05) is 0 Å². The van der Waals surface area contributed by atoms with Crippen LogP contribution < -0.4 is 5.32 Å². The lowest BCUT2D eigenvalue weighted by Crippen LogP contribution is -2.61. The van der Waals surface area contributed by atoms with Crippen LogP contribution >= 0.6 is 11.6 Å². The zero-order valence-electron chi connectivity index (χ0n) is 14.6. The molecule has 1 heterocycles. The SMILES string of the molecule is CC(C)(C)n1ncc(C(=O)NC2C3CC4CC2CC(O)(C4)C3)c1Cl. The van der Waals surface area contributed by atoms with Crippen LogP contribution in [0.4, 0.5) is 0 Å². The van der Waals surface area contributed by atoms with Crippen LogP contribution in [0.25, 0.3) is 0 Å². The molecule has 0 aromatic carbocycles. The van der Waals surface area contributed by atoms with Gasteiger partial charge in [0.1, 0.15) is 5.15 Å². The Kier molecular flexibility index (Phi) is 3.56. The number of nitrogens with one attached hydrogen (secondary N) is 1. The zero-order valence-corrected chi connectivity index (χ0v) is 15.3. The molecule has 0 spiro atoms. The first-order valence-electron chi connectivity index (χ1n) is 8.93. The minimum absolute atomic E-state index is 0.139. The minimum Gasteiger partial charge on any atom is -0.390 e. The highest BCUT2D eigenvalue weighted by Gasteiger charge is 2.55. The predicted octanol–water partition coefficient (Wildman–Crippen LogP) is 2.96. The summed E-state index contributed by atoms with van der Waals surface area (Å²) in [7, 11) is 0. The molecule has 1 aromatic rings. The summed E-state index contributed by atoms with van der Waals surface area (Å²) < 4.78 is 1.68. The lowest BCUT2D eigenvalue weighted by molar-refractivity contribution is -0.136. The van der Waals surface area contributed by atoms with Crippen LogP contribution in [0.5, 0.6) is 0 Å². The van der Waals surface area contributed by atoms with Gasteiger partial charge in [-0.15, -0.1) is 0 Å². The van der Waals surface area contributed by atoms with Crippen molar-refractivity contribution in [3.63, 3.8) is 0 Å². The van der Waals surface area contributed by atoms with Gasteiger partial charge in [-0.3, -0.25) is 4.79 Å². The van der Waals surface area contributed by atoms with Crippen molar-refractivity contribution in [1.29, 1.82) is 0 Å². The van der Waals surface area contributed by atoms with Crippen LogP contribution in [0.1, 0.15) is 63.2 Å². The molecule has 6 heteroatoms. The standard InChI is InChI=1S/C18H26ClN3O2/c1-17(2,3)22-15(19)13(9-20-22)16(23)21-14-11-4-10-5-12(14)8-18(24,6-10)7-11/h9-12,14,24H,4-8H2,1-3H3,(H,21,23). The number of aliphatic hydroxyl groups is 1. The molecule has 1 aromatic heterocycles. The second-order valence-corrected chi connectivity index (χ2v) is 9.48. The van der Waals surface area contributed by atoms with E-state index in [9.17, 15) is 9.90 Å². The maximum atomic E-state index is 12.8. The highest BCUT2D eigenvalue weighted by Crippen LogP contribution is 2.55. The average Bonchev–Trinajstić information content (AvgIpc) is 2.82. The van der Waals surface area contributed by atoms with E-state index < -0.39 is 5.60 Å². The number of carbonyl (C=O) groups excluding carboxylic acids is 1. The second kappa shape index (κ2) is 5.21. The van der Waals surface area contributed by atoms with Gasteiger partial charge in [0.05, 0.1) is 22.9 Å². The molecule has 2 N–H and O–H groups in total. The van der Waals surface area contributed by atoms with Crippen molar-refractivity contribution in [3.8, 4) is 0 Å². The van der Waals surface area contributed by atoms with Gasteiger partial charge in [0.2, 0.25) is 0 Å². The highest BCUT2D eigenvalue weighted by molar-refractivity contribution is 6.32. The average molecular weight is 352 g/mol. The molecule has 2 atom stereocenters. The van der Waals surface area contributed by atoms with Gasteiger partial charge in [-0.2, -0.15) is 5.10 Å². The van der Waals surface area contributed by atoms with Gasteiger partial charge in [0, 0.05) is 6.04 Å². The van der Waals surface area contributed by atoms with Gasteiger partial charge in [-0.05, 0) is 70.6 Å². The summed E-state index contributed by atoms with van der Waals surface area (Å²) in [4.78, 5) is 12.8. The number of aromatic nitrogens is 2. The molecule has 4 saturated carbocycles. The maximum absolute atomic E-state index is 12.8. The van der Waals surface area contributed by atoms with Crippen LogP contribution in [0.15, 0.2) is 6.20 Å². The smallest absolute Gasteiger partial charge is 0.256 e. The van der Waals surface area contributed by atoms with E-state index in [2.05, 4.69) is 10.4 Å². The molecule has 0 saturated heterocycles. The number of carbonyl (C=O) groups is 1. The normalized spacial score (nSPS) is 37.7. The molecule has 1 amide bonds. The van der Waals surface area contributed by atoms with Crippen molar-refractivity contribution in [3.05, 3.63) is 16.9 Å². The number of nitrogens with zero attached hydrogens (tertiary/aromatic N) is 2. The van der Waals surface area contributed by atoms with Crippen molar-refractivity contribution >= 4 is 17.5 Å². The lowest BCUT2D eigenvalue weighted by Gasteiger charge is -2.58. The van der Waals surface area contributed by atoms with Crippen LogP contribution in [0.3, 0.4) is 0 Å². The van der Waals surface area contributed by atoms with Crippen molar-refractivity contribution in [1.82, 2.24) is 15.1 Å². The van der Waals surface area contributed by atoms with E-state index >= 15 is 0 Å². The van der Waals surface area contributed by atoms with Crippen LogP contribution in [-0.4, -0.2) is 32.4 Å². The predicted molar refractivity (Wildman–Crippen MR) is 92.0 cm³/mol. The third-order valence-corrected chi connectivity index (χ3v) is 6.49. The fourth-order valence-electron chi connectivity index (χ4n) is 5.40. The number of rotatable bonds is 2. The third kappa shape index (κ3) is 2.57. The molecule has 24 heavy (non-hydrogen) atoms. The van der Waals surface area contributed by atoms with Crippen LogP contribution in [0, 0.1) is 17.8 Å². The Bertz CT molecular complexity index is 662. The summed E-state index contributed by atoms with van der Waals surface area (Å²) in [6.45, 7) is 6.02. The van der Waals surface area contributed by atoms with E-state index in [1.807, 2.05) is 20.8 Å². The summed E-state index contributed by atoms with van der Waals surface area (Å²) in [5.41, 5.74) is -0.298. The fraction of sp³-hybridized carbons (Fsp3) is 0.778. The molecule has 5 rings (SSSR count). The van der Waals surface area contributed by atoms with Crippen molar-refractivity contribution in [2.24, 2.45) is 17.8 Å². The van der Waals surface area contributed by atoms with E-state index in [-0.39, 0.29) is 17.5 Å². The van der Waals surface area contributed by atoms with Gasteiger partial charge in [-0.25, -0.2) is 4.68 Å². The van der Waals surface area contributed by atoms with Gasteiger partial charge >= 0.3 is 0 Å². The molecule has 4 aliphatic carbocycles. The van der Waals surface area contributed by atoms with E-state index in [4.69, 9.17) is 11.6 Å². The fourth-order valence-corrected chi connectivity index (χ4v) is 5.83. The molecule has 0 radical (unpaired) electrons. The first-order chi connectivity index (χ1) is 11.2. The number of halogens is 1. The zero-order chi connectivity index (χ0) is 17.3. The van der Waals surface area contributed by atoms with Crippen LogP contribution in [-0.2, 0) is 5.54 Å².